The van der Waals surface area contributed by atoms with Gasteiger partial charge in [0.15, 0.2) is 34.9 Å². The lowest BCUT2D eigenvalue weighted by Crippen LogP contribution is -2.00. The zero-order valence-electron chi connectivity index (χ0n) is 55.0. The molecular weight excluding hydrogens is 1250 g/mol. The molecule has 0 amide bonds. The van der Waals surface area contributed by atoms with Crippen molar-refractivity contribution in [3.63, 3.8) is 0 Å². The molecule has 102 heavy (non-hydrogen) atoms. The first-order valence-corrected chi connectivity index (χ1v) is 33.5. The summed E-state index contributed by atoms with van der Waals surface area (Å²) in [5.41, 5.74) is 21.1. The second kappa shape index (κ2) is 28.4. The number of nitrogens with zero attached hydrogens (tertiary/aromatic N) is 10. The summed E-state index contributed by atoms with van der Waals surface area (Å²) >= 11 is 0. The number of fused-ring (bicyclic) bond motifs is 2. The number of hydrogen-bond donors (Lipinski definition) is 0. The van der Waals surface area contributed by atoms with Crippen molar-refractivity contribution < 1.29 is 0 Å². The van der Waals surface area contributed by atoms with Crippen LogP contribution >= 0.6 is 0 Å². The van der Waals surface area contributed by atoms with Gasteiger partial charge in [-0.05, 0) is 138 Å². The van der Waals surface area contributed by atoms with Crippen molar-refractivity contribution in [1.29, 1.82) is 10.5 Å². The molecule has 10 nitrogen and oxygen atoms in total. The topological polar surface area (TPSA) is 151 Å². The third-order valence-corrected chi connectivity index (χ3v) is 18.0. The summed E-state index contributed by atoms with van der Waals surface area (Å²) in [5, 5.41) is 24.4. The van der Waals surface area contributed by atoms with Crippen LogP contribution in [0.15, 0.2) is 352 Å². The van der Waals surface area contributed by atoms with Crippen LogP contribution in [0, 0.1) is 22.7 Å². The minimum Gasteiger partial charge on any atom is -0.256 e. The molecule has 0 radical (unpaired) electrons. The van der Waals surface area contributed by atoms with Crippen LogP contribution in [0.4, 0.5) is 0 Å². The third-order valence-electron chi connectivity index (χ3n) is 18.0. The molecule has 0 fully saturated rings. The second-order valence-electron chi connectivity index (χ2n) is 24.5. The second-order valence-corrected chi connectivity index (χ2v) is 24.5. The van der Waals surface area contributed by atoms with Crippen LogP contribution in [0.2, 0.25) is 0 Å². The van der Waals surface area contributed by atoms with Gasteiger partial charge in [0.1, 0.15) is 0 Å². The maximum Gasteiger partial charge on any atom is 0.164 e. The zero-order valence-corrected chi connectivity index (χ0v) is 55.0. The molecule has 476 valence electrons. The molecule has 0 aliphatic carbocycles. The molecule has 0 unspecified atom stereocenters. The largest absolute Gasteiger partial charge is 0.256 e. The van der Waals surface area contributed by atoms with E-state index in [1.165, 1.54) is 0 Å². The van der Waals surface area contributed by atoms with Crippen molar-refractivity contribution in [2.45, 2.75) is 0 Å². The minimum absolute atomic E-state index is 0.598. The fraction of sp³-hybridized carbons (Fsp3) is 0. The molecule has 17 rings (SSSR count). The van der Waals surface area contributed by atoms with E-state index in [2.05, 4.69) is 180 Å². The monoisotopic (exact) mass is 1300 g/mol. The highest BCUT2D eigenvalue weighted by Crippen LogP contribution is 2.41. The summed E-state index contributed by atoms with van der Waals surface area (Å²) < 4.78 is 0. The van der Waals surface area contributed by atoms with Crippen molar-refractivity contribution in [2.75, 3.05) is 0 Å². The first-order chi connectivity index (χ1) is 50.4. The van der Waals surface area contributed by atoms with Crippen LogP contribution in [0.5, 0.6) is 0 Å². The Balaban J connectivity index is 0.000000159. The number of rotatable bonds is 13. The molecule has 10 heteroatoms. The first-order valence-electron chi connectivity index (χ1n) is 33.5. The quantitative estimate of drug-likeness (QED) is 0.109. The molecular formula is C92H58N10. The number of hydrogen-bond acceptors (Lipinski definition) is 10. The summed E-state index contributed by atoms with van der Waals surface area (Å²) in [5.74, 6) is 3.78. The molecule has 17 aromatic rings. The lowest BCUT2D eigenvalue weighted by molar-refractivity contribution is 1.07. The Morgan fingerprint density at radius 3 is 0.775 bits per heavy atom. The van der Waals surface area contributed by atoms with Gasteiger partial charge < -0.3 is 0 Å². The van der Waals surface area contributed by atoms with Crippen molar-refractivity contribution in [2.24, 2.45) is 0 Å². The van der Waals surface area contributed by atoms with Gasteiger partial charge in [0.25, 0.3) is 0 Å². The van der Waals surface area contributed by atoms with E-state index < -0.39 is 0 Å². The Kier molecular flexibility index (Phi) is 17.4. The molecule has 0 bridgehead atoms. The Morgan fingerprint density at radius 1 is 0.186 bits per heavy atom. The van der Waals surface area contributed by atoms with Crippen LogP contribution in [0.25, 0.3) is 168 Å². The SMILES string of the molecule is N#Cc1cc(-c2ccc(-c3ccccn3)cc2)cc(-c2ccc(-c3ccc(-c4nc(-c5ccccc5)nc(-c5ccccc5)n4)cc3)c3ccccc23)c1.N#Cc1cc(-c2ccccn2)cc(-c2ccc(-c3ccc(-c4nc(-c5ccccc5)nc(-c5ccccc5)n4)cc3)c3ccccc23)c1. The summed E-state index contributed by atoms with van der Waals surface area (Å²) in [6.07, 6.45) is 3.58. The van der Waals surface area contributed by atoms with E-state index in [1.54, 1.807) is 12.4 Å². The summed E-state index contributed by atoms with van der Waals surface area (Å²) in [6.45, 7) is 0. The molecule has 0 saturated heterocycles. The van der Waals surface area contributed by atoms with Crippen LogP contribution in [0.3, 0.4) is 0 Å². The summed E-state index contributed by atoms with van der Waals surface area (Å²) in [6, 6.07) is 119. The lowest BCUT2D eigenvalue weighted by Gasteiger charge is -2.14. The van der Waals surface area contributed by atoms with Crippen molar-refractivity contribution >= 4 is 21.5 Å². The van der Waals surface area contributed by atoms with Gasteiger partial charge in [-0.25, -0.2) is 29.9 Å². The number of aromatic nitrogens is 8. The van der Waals surface area contributed by atoms with E-state index in [9.17, 15) is 10.5 Å². The highest BCUT2D eigenvalue weighted by molar-refractivity contribution is 6.07. The molecule has 0 N–H and O–H groups in total. The molecule has 0 aliphatic rings. The van der Waals surface area contributed by atoms with Crippen LogP contribution in [-0.2, 0) is 0 Å². The fourth-order valence-electron chi connectivity index (χ4n) is 13.0. The number of benzene rings is 13. The Hall–Kier alpha value is -14.3. The van der Waals surface area contributed by atoms with E-state index in [0.717, 1.165) is 133 Å². The third kappa shape index (κ3) is 13.2. The predicted octanol–water partition coefficient (Wildman–Crippen LogP) is 22.3. The molecule has 0 saturated carbocycles. The average Bonchev–Trinajstić information content (AvgIpc) is 0.773. The van der Waals surface area contributed by atoms with Gasteiger partial charge in [-0.3, -0.25) is 9.97 Å². The first kappa shape index (κ1) is 62.5. The van der Waals surface area contributed by atoms with Crippen LogP contribution < -0.4 is 0 Å². The standard InChI is InChI=1S/C49H31N5.C43H27N5/c50-32-33-29-40(34-18-22-36(23-19-34)46-17-9-10-28-51-46)31-41(30-33)43-27-26-42(44-15-7-8-16-45(43)44)35-20-24-39(25-21-35)49-53-47(37-11-3-1-4-12-37)52-48(54-49)38-13-5-2-6-14-38;44-28-29-25-34(27-35(26-29)40-17-9-10-24-45-40)37-23-22-36(38-15-7-8-16-39(37)38)30-18-20-33(21-19-30)43-47-41(31-11-3-1-4-12-31)46-42(48-43)32-13-5-2-6-14-32/h1-31H;1-27H. The van der Waals surface area contributed by atoms with E-state index in [0.29, 0.717) is 46.1 Å². The van der Waals surface area contributed by atoms with E-state index in [1.807, 2.05) is 182 Å². The average molecular weight is 1300 g/mol. The van der Waals surface area contributed by atoms with Gasteiger partial charge in [-0.1, -0.05) is 279 Å². The van der Waals surface area contributed by atoms with Gasteiger partial charge in [0.2, 0.25) is 0 Å². The van der Waals surface area contributed by atoms with Gasteiger partial charge >= 0.3 is 0 Å². The lowest BCUT2D eigenvalue weighted by atomic mass is 9.90. The normalized spacial score (nSPS) is 10.9. The van der Waals surface area contributed by atoms with Gasteiger partial charge in [-0.15, -0.1) is 0 Å². The summed E-state index contributed by atoms with van der Waals surface area (Å²) in [4.78, 5) is 38.3. The van der Waals surface area contributed by atoms with E-state index in [-0.39, 0.29) is 0 Å². The number of nitriles is 2. The predicted molar refractivity (Wildman–Crippen MR) is 410 cm³/mol. The number of pyridine rings is 2. The van der Waals surface area contributed by atoms with Crippen molar-refractivity contribution in [1.82, 2.24) is 39.9 Å². The molecule has 4 aromatic heterocycles. The van der Waals surface area contributed by atoms with Crippen LogP contribution in [-0.4, -0.2) is 39.9 Å². The van der Waals surface area contributed by atoms with Gasteiger partial charge in [0, 0.05) is 56.9 Å². The molecule has 4 heterocycles. The fourth-order valence-corrected chi connectivity index (χ4v) is 13.0. The Labute approximate surface area is 590 Å². The molecule has 0 aliphatic heterocycles. The smallest absolute Gasteiger partial charge is 0.164 e. The molecule has 0 atom stereocenters. The Morgan fingerprint density at radius 2 is 0.441 bits per heavy atom. The van der Waals surface area contributed by atoms with E-state index >= 15 is 0 Å². The van der Waals surface area contributed by atoms with Gasteiger partial charge in [0.05, 0.1) is 34.7 Å². The highest BCUT2D eigenvalue weighted by atomic mass is 15.0. The van der Waals surface area contributed by atoms with E-state index in [4.69, 9.17) is 29.9 Å². The maximum absolute atomic E-state index is 10.1. The Bertz CT molecular complexity index is 5850. The molecule has 0 spiro atoms. The summed E-state index contributed by atoms with van der Waals surface area (Å²) in [7, 11) is 0. The highest BCUT2D eigenvalue weighted by Gasteiger charge is 2.19. The van der Waals surface area contributed by atoms with Crippen LogP contribution in [0.1, 0.15) is 11.1 Å². The van der Waals surface area contributed by atoms with Crippen molar-refractivity contribution in [3.8, 4) is 159 Å². The van der Waals surface area contributed by atoms with Crippen molar-refractivity contribution in [3.05, 3.63) is 363 Å². The zero-order chi connectivity index (χ0) is 68.6. The molecule has 13 aromatic carbocycles. The maximum atomic E-state index is 10.1. The minimum atomic E-state index is 0.598. The van der Waals surface area contributed by atoms with Gasteiger partial charge in [-0.2, -0.15) is 10.5 Å².